The van der Waals surface area contributed by atoms with Crippen molar-refractivity contribution in [3.05, 3.63) is 66.2 Å². The van der Waals surface area contributed by atoms with Crippen molar-refractivity contribution in [1.29, 1.82) is 0 Å². The van der Waals surface area contributed by atoms with Gasteiger partial charge in [0.2, 0.25) is 5.91 Å². The fraction of sp³-hybridized carbons (Fsp3) is 0.300. The van der Waals surface area contributed by atoms with Crippen LogP contribution in [0.15, 0.2) is 54.9 Å². The van der Waals surface area contributed by atoms with Crippen LogP contribution >= 0.6 is 0 Å². The fourth-order valence-corrected chi connectivity index (χ4v) is 3.44. The second kappa shape index (κ2) is 7.47. The number of amides is 1. The summed E-state index contributed by atoms with van der Waals surface area (Å²) >= 11 is 0. The van der Waals surface area contributed by atoms with Gasteiger partial charge in [-0.1, -0.05) is 30.3 Å². The maximum absolute atomic E-state index is 12.9. The number of rotatable bonds is 4. The Morgan fingerprint density at radius 3 is 2.73 bits per heavy atom. The lowest BCUT2D eigenvalue weighted by Gasteiger charge is -2.34. The van der Waals surface area contributed by atoms with Crippen molar-refractivity contribution in [2.24, 2.45) is 0 Å². The average Bonchev–Trinajstić information content (AvgIpc) is 3.19. The zero-order chi connectivity index (χ0) is 17.8. The predicted octanol–water partition coefficient (Wildman–Crippen LogP) is 3.16. The van der Waals surface area contributed by atoms with Crippen LogP contribution in [0.1, 0.15) is 36.7 Å². The number of nitrogens with one attached hydrogen (secondary N) is 1. The van der Waals surface area contributed by atoms with E-state index in [4.69, 9.17) is 0 Å². The minimum atomic E-state index is -0.0388. The number of benzene rings is 1. The number of piperidine rings is 1. The molecule has 1 unspecified atom stereocenters. The molecule has 3 aromatic rings. The van der Waals surface area contributed by atoms with E-state index in [9.17, 15) is 4.79 Å². The maximum Gasteiger partial charge on any atom is 0.227 e. The van der Waals surface area contributed by atoms with E-state index < -0.39 is 0 Å². The number of nitrogens with zero attached hydrogens (tertiary/aromatic N) is 4. The highest BCUT2D eigenvalue weighted by Gasteiger charge is 2.30. The van der Waals surface area contributed by atoms with Crippen LogP contribution in [-0.2, 0) is 11.2 Å². The Balaban J connectivity index is 1.54. The molecule has 1 aromatic carbocycles. The van der Waals surface area contributed by atoms with E-state index in [1.807, 2.05) is 47.4 Å². The summed E-state index contributed by atoms with van der Waals surface area (Å²) in [4.78, 5) is 23.5. The van der Waals surface area contributed by atoms with Gasteiger partial charge in [-0.15, -0.1) is 0 Å². The van der Waals surface area contributed by atoms with E-state index >= 15 is 0 Å². The van der Waals surface area contributed by atoms with Crippen molar-refractivity contribution < 1.29 is 4.79 Å². The Kier molecular flexibility index (Phi) is 4.73. The van der Waals surface area contributed by atoms with Crippen LogP contribution in [0.2, 0.25) is 0 Å². The van der Waals surface area contributed by atoms with Crippen LogP contribution < -0.4 is 0 Å². The molecule has 1 aliphatic heterocycles. The van der Waals surface area contributed by atoms with Crippen molar-refractivity contribution in [2.45, 2.75) is 31.7 Å². The first-order chi connectivity index (χ1) is 12.8. The summed E-state index contributed by atoms with van der Waals surface area (Å²) in [6.45, 7) is 0.765. The van der Waals surface area contributed by atoms with Gasteiger partial charge >= 0.3 is 0 Å². The zero-order valence-corrected chi connectivity index (χ0v) is 14.5. The minimum absolute atomic E-state index is 0.0388. The third-order valence-corrected chi connectivity index (χ3v) is 4.78. The summed E-state index contributed by atoms with van der Waals surface area (Å²) in [5.74, 6) is 1.55. The van der Waals surface area contributed by atoms with Gasteiger partial charge in [-0.3, -0.25) is 14.9 Å². The minimum Gasteiger partial charge on any atom is -0.332 e. The molecule has 1 N–H and O–H groups in total. The van der Waals surface area contributed by atoms with Gasteiger partial charge in [0, 0.05) is 24.5 Å². The number of likely N-dealkylation sites (tertiary alicyclic amines) is 1. The summed E-state index contributed by atoms with van der Waals surface area (Å²) in [6.07, 6.45) is 6.89. The average molecular weight is 347 g/mol. The first kappa shape index (κ1) is 16.4. The van der Waals surface area contributed by atoms with E-state index in [2.05, 4.69) is 20.2 Å². The van der Waals surface area contributed by atoms with Crippen molar-refractivity contribution in [3.8, 4) is 11.4 Å². The largest absolute Gasteiger partial charge is 0.332 e. The van der Waals surface area contributed by atoms with Crippen molar-refractivity contribution in [3.63, 3.8) is 0 Å². The van der Waals surface area contributed by atoms with Gasteiger partial charge in [0.25, 0.3) is 0 Å². The summed E-state index contributed by atoms with van der Waals surface area (Å²) in [5.41, 5.74) is 1.96. The Bertz CT molecular complexity index is 862. The van der Waals surface area contributed by atoms with Gasteiger partial charge in [0.1, 0.15) is 5.82 Å². The third-order valence-electron chi connectivity index (χ3n) is 4.78. The SMILES string of the molecule is O=C(Cc1ccccc1)N1CCCCC1c1nc(-c2ccncc2)n[nH]1. The topological polar surface area (TPSA) is 74.8 Å². The molecule has 1 atom stereocenters. The summed E-state index contributed by atoms with van der Waals surface area (Å²) in [7, 11) is 0. The molecule has 1 fully saturated rings. The summed E-state index contributed by atoms with van der Waals surface area (Å²) in [5, 5.41) is 7.38. The lowest BCUT2D eigenvalue weighted by Crippen LogP contribution is -2.39. The van der Waals surface area contributed by atoms with Crippen LogP contribution in [0.25, 0.3) is 11.4 Å². The van der Waals surface area contributed by atoms with E-state index in [0.717, 1.165) is 42.8 Å². The Hall–Kier alpha value is -3.02. The van der Waals surface area contributed by atoms with Gasteiger partial charge in [-0.25, -0.2) is 4.98 Å². The van der Waals surface area contributed by atoms with E-state index in [-0.39, 0.29) is 11.9 Å². The normalized spacial score (nSPS) is 17.2. The van der Waals surface area contributed by atoms with Crippen molar-refractivity contribution in [1.82, 2.24) is 25.1 Å². The summed E-state index contributed by atoms with van der Waals surface area (Å²) < 4.78 is 0. The molecular weight excluding hydrogens is 326 g/mol. The highest BCUT2D eigenvalue weighted by Crippen LogP contribution is 2.30. The molecular formula is C20H21N5O. The monoisotopic (exact) mass is 347 g/mol. The van der Waals surface area contributed by atoms with Gasteiger partial charge in [-0.2, -0.15) is 5.10 Å². The lowest BCUT2D eigenvalue weighted by molar-refractivity contribution is -0.134. The van der Waals surface area contributed by atoms with Gasteiger partial charge < -0.3 is 4.90 Å². The number of carbonyl (C=O) groups is 1. The Morgan fingerprint density at radius 2 is 1.92 bits per heavy atom. The van der Waals surface area contributed by atoms with E-state index in [0.29, 0.717) is 12.2 Å². The van der Waals surface area contributed by atoms with Gasteiger partial charge in [-0.05, 0) is 37.0 Å². The van der Waals surface area contributed by atoms with Crippen molar-refractivity contribution >= 4 is 5.91 Å². The van der Waals surface area contributed by atoms with Gasteiger partial charge in [0.15, 0.2) is 5.82 Å². The first-order valence-electron chi connectivity index (χ1n) is 8.97. The molecule has 132 valence electrons. The molecule has 0 saturated carbocycles. The molecule has 6 heteroatoms. The Morgan fingerprint density at radius 1 is 1.12 bits per heavy atom. The third kappa shape index (κ3) is 3.49. The second-order valence-corrected chi connectivity index (χ2v) is 6.54. The van der Waals surface area contributed by atoms with E-state index in [1.165, 1.54) is 0 Å². The molecule has 0 aliphatic carbocycles. The van der Waals surface area contributed by atoms with Crippen LogP contribution in [0.3, 0.4) is 0 Å². The van der Waals surface area contributed by atoms with Crippen LogP contribution in [0, 0.1) is 0 Å². The molecule has 3 heterocycles. The molecule has 4 rings (SSSR count). The maximum atomic E-state index is 12.9. The van der Waals surface area contributed by atoms with Gasteiger partial charge in [0.05, 0.1) is 12.5 Å². The highest BCUT2D eigenvalue weighted by molar-refractivity contribution is 5.79. The molecule has 0 spiro atoms. The number of pyridine rings is 1. The first-order valence-corrected chi connectivity index (χ1v) is 8.97. The quantitative estimate of drug-likeness (QED) is 0.787. The van der Waals surface area contributed by atoms with Crippen molar-refractivity contribution in [2.75, 3.05) is 6.54 Å². The van der Waals surface area contributed by atoms with Crippen LogP contribution in [0.4, 0.5) is 0 Å². The standard InChI is InChI=1S/C20H21N5O/c26-18(14-15-6-2-1-3-7-15)25-13-5-4-8-17(25)20-22-19(23-24-20)16-9-11-21-12-10-16/h1-3,6-7,9-12,17H,4-5,8,13-14H2,(H,22,23,24). The molecule has 1 aliphatic rings. The number of H-pyrrole nitrogens is 1. The molecule has 6 nitrogen and oxygen atoms in total. The molecule has 0 bridgehead atoms. The number of carbonyl (C=O) groups excluding carboxylic acids is 1. The molecule has 0 radical (unpaired) electrons. The number of aromatic amines is 1. The fourth-order valence-electron chi connectivity index (χ4n) is 3.44. The Labute approximate surface area is 152 Å². The number of hydrogen-bond acceptors (Lipinski definition) is 4. The predicted molar refractivity (Wildman–Crippen MR) is 98.1 cm³/mol. The molecule has 1 amide bonds. The number of aromatic nitrogens is 4. The smallest absolute Gasteiger partial charge is 0.227 e. The van der Waals surface area contributed by atoms with Crippen LogP contribution in [-0.4, -0.2) is 37.5 Å². The lowest BCUT2D eigenvalue weighted by atomic mass is 10.00. The molecule has 2 aromatic heterocycles. The van der Waals surface area contributed by atoms with Crippen LogP contribution in [0.5, 0.6) is 0 Å². The highest BCUT2D eigenvalue weighted by atomic mass is 16.2. The number of hydrogen-bond donors (Lipinski definition) is 1. The molecule has 1 saturated heterocycles. The summed E-state index contributed by atoms with van der Waals surface area (Å²) in [6, 6.07) is 13.6. The zero-order valence-electron chi connectivity index (χ0n) is 14.5. The van der Waals surface area contributed by atoms with E-state index in [1.54, 1.807) is 12.4 Å². The second-order valence-electron chi connectivity index (χ2n) is 6.54. The molecule has 26 heavy (non-hydrogen) atoms.